The van der Waals surface area contributed by atoms with Gasteiger partial charge in [0.2, 0.25) is 0 Å². The van der Waals surface area contributed by atoms with Gasteiger partial charge in [0.1, 0.15) is 0 Å². The van der Waals surface area contributed by atoms with Gasteiger partial charge in [-0.3, -0.25) is 0 Å². The average molecular weight is 914 g/mol. The summed E-state index contributed by atoms with van der Waals surface area (Å²) in [5.41, 5.74) is 0. The van der Waals surface area contributed by atoms with E-state index in [0.717, 1.165) is 0 Å². The zero-order valence-electron chi connectivity index (χ0n) is 40.9. The maximum absolute atomic E-state index is 8.33. The van der Waals surface area contributed by atoms with E-state index in [9.17, 15) is 0 Å². The molecule has 0 atom stereocenters. The summed E-state index contributed by atoms with van der Waals surface area (Å²) in [4.78, 5) is 8.33. The van der Waals surface area contributed by atoms with Gasteiger partial charge >= 0.3 is 0 Å². The fourth-order valence-electron chi connectivity index (χ4n) is 7.93. The highest BCUT2D eigenvalue weighted by Crippen LogP contribution is 2.19. The molecule has 0 radical (unpaired) electrons. The van der Waals surface area contributed by atoms with Crippen molar-refractivity contribution in [3.8, 4) is 0 Å². The molecule has 0 spiro atoms. The summed E-state index contributed by atoms with van der Waals surface area (Å²) < 4.78 is 4.26. The highest BCUT2D eigenvalue weighted by Gasteiger charge is 2.26. The standard InChI is InChI=1S/3C16H36N.CH2O3.HI/c3*1-5-9-13-17(14-10-6-2,15-11-7-3)16-12-8-4;2-1(3)4;/h3*5-16H2,1-4H3;(H2,2,3,4);1H/q3*+1;;/p-3. The van der Waals surface area contributed by atoms with Crippen LogP contribution in [0.4, 0.5) is 4.79 Å². The van der Waals surface area contributed by atoms with E-state index in [1.807, 2.05) is 0 Å². The highest BCUT2D eigenvalue weighted by molar-refractivity contribution is 5.47. The van der Waals surface area contributed by atoms with Gasteiger partial charge in [0, 0.05) is 0 Å². The molecule has 0 aliphatic heterocycles. The molecule has 0 saturated heterocycles. The van der Waals surface area contributed by atoms with Crippen LogP contribution in [0.2, 0.25) is 0 Å². The number of rotatable bonds is 36. The molecule has 6 nitrogen and oxygen atoms in total. The monoisotopic (exact) mass is 914 g/mol. The lowest BCUT2D eigenvalue weighted by molar-refractivity contribution is -0.929. The SMILES string of the molecule is CCCC[N+](CCCC)(CCCC)CCCC.CCCC[N+](CCCC)(CCCC)CCCC.CCCC[N+](CCCC)(CCCC)CCCC.O=C([O-])[O-].[I-]. The van der Waals surface area contributed by atoms with Crippen molar-refractivity contribution in [3.63, 3.8) is 0 Å². The van der Waals surface area contributed by atoms with Gasteiger partial charge in [-0.25, -0.2) is 0 Å². The van der Waals surface area contributed by atoms with E-state index < -0.39 is 6.16 Å². The Morgan fingerprint density at radius 3 is 0.393 bits per heavy atom. The number of hydrogen-bond donors (Lipinski definition) is 0. The van der Waals surface area contributed by atoms with Gasteiger partial charge in [-0.15, -0.1) is 0 Å². The van der Waals surface area contributed by atoms with Crippen molar-refractivity contribution >= 4 is 6.16 Å². The normalized spacial score (nSPS) is 11.4. The van der Waals surface area contributed by atoms with E-state index in [-0.39, 0.29) is 24.0 Å². The average Bonchev–Trinajstić information content (AvgIpc) is 3.19. The van der Waals surface area contributed by atoms with E-state index >= 15 is 0 Å². The van der Waals surface area contributed by atoms with Crippen molar-refractivity contribution in [2.75, 3.05) is 78.5 Å². The fraction of sp³-hybridized carbons (Fsp3) is 0.980. The Morgan fingerprint density at radius 2 is 0.339 bits per heavy atom. The van der Waals surface area contributed by atoms with Gasteiger partial charge in [-0.1, -0.05) is 160 Å². The summed E-state index contributed by atoms with van der Waals surface area (Å²) in [5.74, 6) is 0. The molecule has 0 aromatic carbocycles. The second-order valence-corrected chi connectivity index (χ2v) is 17.2. The lowest BCUT2D eigenvalue weighted by Crippen LogP contribution is -3.00. The van der Waals surface area contributed by atoms with Crippen LogP contribution in [-0.4, -0.2) is 98.1 Å². The predicted octanol–water partition coefficient (Wildman–Crippen LogP) is 9.57. The summed E-state index contributed by atoms with van der Waals surface area (Å²) in [5, 5.41) is 16.7. The Balaban J connectivity index is -0.000000219. The van der Waals surface area contributed by atoms with Crippen LogP contribution in [0.1, 0.15) is 237 Å². The third-order valence-electron chi connectivity index (χ3n) is 11.8. The Kier molecular flexibility index (Phi) is 57.2. The van der Waals surface area contributed by atoms with Crippen molar-refractivity contribution in [3.05, 3.63) is 0 Å². The lowest BCUT2D eigenvalue weighted by atomic mass is 10.1. The zero-order chi connectivity index (χ0) is 42.5. The van der Waals surface area contributed by atoms with E-state index in [4.69, 9.17) is 15.0 Å². The van der Waals surface area contributed by atoms with Gasteiger partial charge in [-0.05, 0) is 83.2 Å². The molecule has 0 aliphatic rings. The number of carbonyl (C=O) groups is 1. The first-order chi connectivity index (χ1) is 26.5. The number of unbranched alkanes of at least 4 members (excludes halogenated alkanes) is 12. The van der Waals surface area contributed by atoms with Crippen molar-refractivity contribution in [2.45, 2.75) is 237 Å². The molecule has 0 bridgehead atoms. The second kappa shape index (κ2) is 49.2. The van der Waals surface area contributed by atoms with Crippen LogP contribution >= 0.6 is 0 Å². The molecule has 0 unspecified atom stereocenters. The summed E-state index contributed by atoms with van der Waals surface area (Å²) in [6.07, 6.45) is 30.9. The van der Waals surface area contributed by atoms with Crippen molar-refractivity contribution in [2.24, 2.45) is 0 Å². The summed E-state index contributed by atoms with van der Waals surface area (Å²) in [6, 6.07) is 0. The van der Waals surface area contributed by atoms with Crippen molar-refractivity contribution in [1.29, 1.82) is 0 Å². The molecule has 0 fully saturated rings. The maximum Gasteiger partial charge on any atom is 0.0786 e. The Labute approximate surface area is 372 Å². The second-order valence-electron chi connectivity index (χ2n) is 17.2. The largest absolute Gasteiger partial charge is 1.00 e. The van der Waals surface area contributed by atoms with Gasteiger partial charge in [0.05, 0.1) is 78.5 Å². The first kappa shape index (κ1) is 65.0. The Bertz CT molecular complexity index is 537. The van der Waals surface area contributed by atoms with Crippen LogP contribution in [0, 0.1) is 0 Å². The van der Waals surface area contributed by atoms with Gasteiger partial charge in [-0.2, -0.15) is 0 Å². The van der Waals surface area contributed by atoms with Crippen LogP contribution in [-0.2, 0) is 0 Å². The summed E-state index contributed by atoms with van der Waals surface area (Å²) in [6.45, 7) is 45.1. The molecule has 0 heterocycles. The number of quaternary nitrogens is 3. The molecule has 0 saturated carbocycles. The van der Waals surface area contributed by atoms with E-state index in [1.54, 1.807) is 0 Å². The van der Waals surface area contributed by atoms with Crippen LogP contribution in [0.25, 0.3) is 0 Å². The van der Waals surface area contributed by atoms with Crippen LogP contribution in [0.5, 0.6) is 0 Å². The summed E-state index contributed by atoms with van der Waals surface area (Å²) in [7, 11) is 0. The number of hydrogen-bond acceptors (Lipinski definition) is 3. The minimum Gasteiger partial charge on any atom is -1.00 e. The fourth-order valence-corrected chi connectivity index (χ4v) is 7.93. The highest BCUT2D eigenvalue weighted by atomic mass is 127. The smallest absolute Gasteiger partial charge is 0.0786 e. The molecule has 0 aromatic rings. The first-order valence-electron chi connectivity index (χ1n) is 24.9. The van der Waals surface area contributed by atoms with E-state index in [0.29, 0.717) is 0 Å². The first-order valence-corrected chi connectivity index (χ1v) is 24.9. The quantitative estimate of drug-likeness (QED) is 0.0465. The molecular formula is C49H108IN3O3. The molecule has 344 valence electrons. The number of halogens is 1. The predicted molar refractivity (Wildman–Crippen MR) is 243 cm³/mol. The molecule has 0 aliphatic carbocycles. The molecule has 0 aromatic heterocycles. The Morgan fingerprint density at radius 1 is 0.268 bits per heavy atom. The third kappa shape index (κ3) is 42.0. The molecule has 56 heavy (non-hydrogen) atoms. The van der Waals surface area contributed by atoms with Crippen molar-refractivity contribution < 1.29 is 52.4 Å². The topological polar surface area (TPSA) is 63.2 Å². The third-order valence-corrected chi connectivity index (χ3v) is 11.8. The number of nitrogens with zero attached hydrogens (tertiary/aromatic N) is 3. The van der Waals surface area contributed by atoms with Gasteiger partial charge < -0.3 is 52.4 Å². The Hall–Kier alpha value is -0.120. The molecule has 7 heteroatoms. The van der Waals surface area contributed by atoms with E-state index in [2.05, 4.69) is 83.1 Å². The lowest BCUT2D eigenvalue weighted by Gasteiger charge is -2.39. The minimum absolute atomic E-state index is 0. The minimum atomic E-state index is -2.33. The van der Waals surface area contributed by atoms with Gasteiger partial charge in [0.25, 0.3) is 0 Å². The van der Waals surface area contributed by atoms with Crippen LogP contribution in [0.3, 0.4) is 0 Å². The number of carboxylic acid groups (broad SMARTS) is 2. The zero-order valence-corrected chi connectivity index (χ0v) is 43.1. The molecular weight excluding hydrogens is 805 g/mol. The number of carbonyl (C=O) groups excluding carboxylic acids is 1. The maximum atomic E-state index is 8.33. The molecule has 0 rings (SSSR count). The van der Waals surface area contributed by atoms with Crippen LogP contribution < -0.4 is 34.2 Å². The molecule has 0 N–H and O–H groups in total. The molecule has 0 amide bonds. The van der Waals surface area contributed by atoms with Gasteiger partial charge in [0.15, 0.2) is 0 Å². The summed E-state index contributed by atoms with van der Waals surface area (Å²) >= 11 is 0. The van der Waals surface area contributed by atoms with E-state index in [1.165, 1.54) is 246 Å². The van der Waals surface area contributed by atoms with Crippen LogP contribution in [0.15, 0.2) is 0 Å². The van der Waals surface area contributed by atoms with Crippen molar-refractivity contribution in [1.82, 2.24) is 0 Å².